The molecule has 0 bridgehead atoms. The lowest BCUT2D eigenvalue weighted by Crippen LogP contribution is -2.12. The Labute approximate surface area is 182 Å². The van der Waals surface area contributed by atoms with Crippen LogP contribution in [-0.4, -0.2) is 12.2 Å². The SMILES string of the molecule is C=C(/C=C(\C)O)/C(C)=C\N(C)c1ccccc1Nc1c(C(C)C)cccc1C(C)C. The van der Waals surface area contributed by atoms with Crippen molar-refractivity contribution in [2.24, 2.45) is 0 Å². The highest BCUT2D eigenvalue weighted by molar-refractivity contribution is 5.79. The maximum atomic E-state index is 9.52. The molecule has 0 saturated carbocycles. The molecule has 0 unspecified atom stereocenters. The fourth-order valence-electron chi connectivity index (χ4n) is 3.53. The average molecular weight is 405 g/mol. The second-order valence-electron chi connectivity index (χ2n) is 8.50. The van der Waals surface area contributed by atoms with Crippen LogP contribution in [0.1, 0.15) is 64.5 Å². The number of rotatable bonds is 8. The Balaban J connectivity index is 2.47. The van der Waals surface area contributed by atoms with Crippen LogP contribution in [0.5, 0.6) is 0 Å². The van der Waals surface area contributed by atoms with Gasteiger partial charge in [-0.1, -0.05) is 64.6 Å². The van der Waals surface area contributed by atoms with Gasteiger partial charge in [0.1, 0.15) is 0 Å². The van der Waals surface area contributed by atoms with E-state index in [1.807, 2.05) is 26.2 Å². The second kappa shape index (κ2) is 10.2. The Morgan fingerprint density at radius 3 is 2.07 bits per heavy atom. The molecule has 0 aromatic heterocycles. The number of anilines is 3. The van der Waals surface area contributed by atoms with Crippen molar-refractivity contribution in [3.63, 3.8) is 0 Å². The zero-order valence-electron chi connectivity index (χ0n) is 19.5. The van der Waals surface area contributed by atoms with Gasteiger partial charge in [-0.2, -0.15) is 0 Å². The van der Waals surface area contributed by atoms with E-state index < -0.39 is 0 Å². The summed E-state index contributed by atoms with van der Waals surface area (Å²) < 4.78 is 0. The normalized spacial score (nSPS) is 12.4. The molecule has 0 amide bonds. The monoisotopic (exact) mass is 404 g/mol. The van der Waals surface area contributed by atoms with Gasteiger partial charge >= 0.3 is 0 Å². The van der Waals surface area contributed by atoms with Crippen LogP contribution >= 0.6 is 0 Å². The Hall–Kier alpha value is -2.94. The van der Waals surface area contributed by atoms with Gasteiger partial charge in [-0.3, -0.25) is 0 Å². The first kappa shape index (κ1) is 23.3. The zero-order valence-corrected chi connectivity index (χ0v) is 19.5. The van der Waals surface area contributed by atoms with Gasteiger partial charge in [-0.25, -0.2) is 0 Å². The van der Waals surface area contributed by atoms with Crippen molar-refractivity contribution in [2.75, 3.05) is 17.3 Å². The van der Waals surface area contributed by atoms with Crippen LogP contribution in [0.2, 0.25) is 0 Å². The minimum absolute atomic E-state index is 0.254. The summed E-state index contributed by atoms with van der Waals surface area (Å²) in [5.41, 5.74) is 7.75. The molecule has 2 aromatic carbocycles. The van der Waals surface area contributed by atoms with Crippen LogP contribution in [0, 0.1) is 0 Å². The largest absolute Gasteiger partial charge is 0.513 e. The van der Waals surface area contributed by atoms with Crippen LogP contribution in [0.25, 0.3) is 0 Å². The van der Waals surface area contributed by atoms with Crippen molar-refractivity contribution in [3.8, 4) is 0 Å². The molecule has 30 heavy (non-hydrogen) atoms. The molecule has 2 rings (SSSR count). The number of hydrogen-bond donors (Lipinski definition) is 2. The molecule has 0 aliphatic carbocycles. The van der Waals surface area contributed by atoms with E-state index in [4.69, 9.17) is 0 Å². The van der Waals surface area contributed by atoms with E-state index >= 15 is 0 Å². The van der Waals surface area contributed by atoms with Crippen molar-refractivity contribution in [3.05, 3.63) is 89.4 Å². The third-order valence-electron chi connectivity index (χ3n) is 5.19. The first-order chi connectivity index (χ1) is 14.1. The number of aliphatic hydroxyl groups is 1. The van der Waals surface area contributed by atoms with Crippen molar-refractivity contribution in [1.82, 2.24) is 0 Å². The molecule has 2 aromatic rings. The molecule has 3 heteroatoms. The molecule has 0 saturated heterocycles. The van der Waals surface area contributed by atoms with Crippen LogP contribution in [-0.2, 0) is 0 Å². The minimum atomic E-state index is 0.254. The van der Waals surface area contributed by atoms with Gasteiger partial charge in [-0.15, -0.1) is 0 Å². The Bertz CT molecular complexity index is 921. The smallest absolute Gasteiger partial charge is 0.0897 e. The second-order valence-corrected chi connectivity index (χ2v) is 8.50. The maximum absolute atomic E-state index is 9.52. The van der Waals surface area contributed by atoms with Crippen molar-refractivity contribution in [2.45, 2.75) is 53.4 Å². The van der Waals surface area contributed by atoms with Crippen LogP contribution in [0.3, 0.4) is 0 Å². The summed E-state index contributed by atoms with van der Waals surface area (Å²) >= 11 is 0. The Morgan fingerprint density at radius 1 is 0.967 bits per heavy atom. The highest BCUT2D eigenvalue weighted by Crippen LogP contribution is 2.37. The Morgan fingerprint density at radius 2 is 1.53 bits per heavy atom. The first-order valence-corrected chi connectivity index (χ1v) is 10.6. The highest BCUT2D eigenvalue weighted by Gasteiger charge is 2.16. The topological polar surface area (TPSA) is 35.5 Å². The molecule has 0 heterocycles. The lowest BCUT2D eigenvalue weighted by atomic mass is 9.92. The number of aliphatic hydroxyl groups excluding tert-OH is 1. The van der Waals surface area contributed by atoms with Gasteiger partial charge < -0.3 is 15.3 Å². The van der Waals surface area contributed by atoms with Crippen LogP contribution in [0.4, 0.5) is 17.1 Å². The Kier molecular flexibility index (Phi) is 7.93. The first-order valence-electron chi connectivity index (χ1n) is 10.6. The lowest BCUT2D eigenvalue weighted by Gasteiger charge is -2.25. The van der Waals surface area contributed by atoms with Crippen LogP contribution < -0.4 is 10.2 Å². The molecule has 160 valence electrons. The molecule has 0 spiro atoms. The molecule has 3 nitrogen and oxygen atoms in total. The molecule has 0 aliphatic rings. The van der Waals surface area contributed by atoms with Crippen molar-refractivity contribution < 1.29 is 5.11 Å². The predicted molar refractivity (Wildman–Crippen MR) is 132 cm³/mol. The van der Waals surface area contributed by atoms with Gasteiger partial charge in [0, 0.05) is 18.9 Å². The van der Waals surface area contributed by atoms with Crippen molar-refractivity contribution in [1.29, 1.82) is 0 Å². The van der Waals surface area contributed by atoms with E-state index in [0.717, 1.165) is 22.5 Å². The number of benzene rings is 2. The fraction of sp³-hybridized carbons (Fsp3) is 0.333. The van der Waals surface area contributed by atoms with Crippen LogP contribution in [0.15, 0.2) is 78.2 Å². The van der Waals surface area contributed by atoms with Gasteiger partial charge in [0.25, 0.3) is 0 Å². The fourth-order valence-corrected chi connectivity index (χ4v) is 3.53. The number of allylic oxidation sites excluding steroid dienone is 4. The average Bonchev–Trinajstić information content (AvgIpc) is 2.67. The zero-order chi connectivity index (χ0) is 22.4. The third-order valence-corrected chi connectivity index (χ3v) is 5.19. The van der Waals surface area contributed by atoms with Gasteiger partial charge in [0.2, 0.25) is 0 Å². The summed E-state index contributed by atoms with van der Waals surface area (Å²) in [5, 5.41) is 13.3. The van der Waals surface area contributed by atoms with E-state index in [2.05, 4.69) is 80.9 Å². The molecule has 0 atom stereocenters. The quantitative estimate of drug-likeness (QED) is 0.345. The highest BCUT2D eigenvalue weighted by atomic mass is 16.3. The van der Waals surface area contributed by atoms with Crippen molar-refractivity contribution >= 4 is 17.1 Å². The number of nitrogens with zero attached hydrogens (tertiary/aromatic N) is 1. The number of nitrogens with one attached hydrogen (secondary N) is 1. The van der Waals surface area contributed by atoms with Gasteiger partial charge in [0.15, 0.2) is 0 Å². The van der Waals surface area contributed by atoms with E-state index in [-0.39, 0.29) is 5.76 Å². The van der Waals surface area contributed by atoms with Gasteiger partial charge in [-0.05, 0) is 66.2 Å². The molecular weight excluding hydrogens is 368 g/mol. The summed E-state index contributed by atoms with van der Waals surface area (Å²) in [6.07, 6.45) is 3.72. The summed E-state index contributed by atoms with van der Waals surface area (Å²) in [5.74, 6) is 1.11. The lowest BCUT2D eigenvalue weighted by molar-refractivity contribution is 0.414. The molecule has 0 aliphatic heterocycles. The molecule has 0 fully saturated rings. The summed E-state index contributed by atoms with van der Waals surface area (Å²) in [7, 11) is 2.03. The molecular formula is C27H36N2O. The summed E-state index contributed by atoms with van der Waals surface area (Å²) in [6.45, 7) is 16.6. The predicted octanol–water partition coefficient (Wildman–Crippen LogP) is 8.04. The summed E-state index contributed by atoms with van der Waals surface area (Å²) in [6, 6.07) is 14.9. The minimum Gasteiger partial charge on any atom is -0.513 e. The third kappa shape index (κ3) is 5.79. The van der Waals surface area contributed by atoms with E-state index in [9.17, 15) is 5.11 Å². The molecule has 0 radical (unpaired) electrons. The number of hydrogen-bond acceptors (Lipinski definition) is 3. The van der Waals surface area contributed by atoms with E-state index in [0.29, 0.717) is 11.8 Å². The standard InChI is InChI=1S/C27H36N2O/c1-18(2)23-12-11-13-24(19(3)4)27(23)28-25-14-9-10-15-26(25)29(8)17-21(6)20(5)16-22(7)30/h9-19,28,30H,5H2,1-4,6-8H3/b21-17-,22-16+. The van der Waals surface area contributed by atoms with E-state index in [1.165, 1.54) is 16.8 Å². The summed E-state index contributed by atoms with van der Waals surface area (Å²) in [4.78, 5) is 2.09. The maximum Gasteiger partial charge on any atom is 0.0897 e. The van der Waals surface area contributed by atoms with Gasteiger partial charge in [0.05, 0.1) is 17.1 Å². The van der Waals surface area contributed by atoms with E-state index in [1.54, 1.807) is 13.0 Å². The number of para-hydroxylation sites is 3. The molecule has 2 N–H and O–H groups in total.